The van der Waals surface area contributed by atoms with E-state index in [-0.39, 0.29) is 0 Å². The molecule has 3 heterocycles. The monoisotopic (exact) mass is 319 g/mol. The van der Waals surface area contributed by atoms with Gasteiger partial charge >= 0.3 is 0 Å². The highest BCUT2D eigenvalue weighted by Crippen LogP contribution is 2.27. The number of benzene rings is 1. The van der Waals surface area contributed by atoms with Crippen LogP contribution in [0.3, 0.4) is 0 Å². The van der Waals surface area contributed by atoms with Crippen LogP contribution in [0.1, 0.15) is 0 Å². The average molecular weight is 319 g/mol. The van der Waals surface area contributed by atoms with E-state index < -0.39 is 0 Å². The van der Waals surface area contributed by atoms with Crippen LogP contribution in [0.2, 0.25) is 0 Å². The molecule has 4 aromatic rings. The van der Waals surface area contributed by atoms with Gasteiger partial charge in [0.1, 0.15) is 11.5 Å². The molecular formula is C18H13N3OS. The molecule has 4 rings (SSSR count). The first-order chi connectivity index (χ1) is 11.4. The van der Waals surface area contributed by atoms with Crippen LogP contribution in [0, 0.1) is 0 Å². The van der Waals surface area contributed by atoms with Gasteiger partial charge in [0.2, 0.25) is 0 Å². The fourth-order valence-corrected chi connectivity index (χ4v) is 2.97. The summed E-state index contributed by atoms with van der Waals surface area (Å²) in [6, 6.07) is 17.7. The Morgan fingerprint density at radius 3 is 2.57 bits per heavy atom. The molecule has 112 valence electrons. The summed E-state index contributed by atoms with van der Waals surface area (Å²) in [5, 5.41) is 6.16. The zero-order chi connectivity index (χ0) is 15.5. The molecule has 0 radical (unpaired) electrons. The van der Waals surface area contributed by atoms with Crippen molar-refractivity contribution in [3.05, 3.63) is 72.4 Å². The molecule has 0 aliphatic carbocycles. The van der Waals surface area contributed by atoms with Crippen molar-refractivity contribution in [2.24, 2.45) is 0 Å². The molecular weight excluding hydrogens is 306 g/mol. The molecule has 0 atom stereocenters. The molecule has 0 aliphatic heterocycles. The number of anilines is 2. The molecule has 0 aliphatic rings. The number of nitrogens with one attached hydrogen (secondary N) is 1. The highest BCUT2D eigenvalue weighted by molar-refractivity contribution is 7.14. The number of rotatable bonds is 4. The Balaban J connectivity index is 1.51. The van der Waals surface area contributed by atoms with Gasteiger partial charge in [0, 0.05) is 22.8 Å². The molecule has 4 nitrogen and oxygen atoms in total. The van der Waals surface area contributed by atoms with Gasteiger partial charge in [0.15, 0.2) is 5.13 Å². The smallest absolute Gasteiger partial charge is 0.187 e. The third kappa shape index (κ3) is 3.00. The normalized spacial score (nSPS) is 10.6. The molecule has 5 heteroatoms. The summed E-state index contributed by atoms with van der Waals surface area (Å²) in [4.78, 5) is 8.89. The third-order valence-electron chi connectivity index (χ3n) is 3.37. The van der Waals surface area contributed by atoms with Gasteiger partial charge in [-0.3, -0.25) is 4.98 Å². The lowest BCUT2D eigenvalue weighted by Crippen LogP contribution is -1.90. The van der Waals surface area contributed by atoms with Gasteiger partial charge in [-0.2, -0.15) is 0 Å². The predicted octanol–water partition coefficient (Wildman–Crippen LogP) is 5.21. The van der Waals surface area contributed by atoms with Gasteiger partial charge in [-0.1, -0.05) is 6.07 Å². The highest BCUT2D eigenvalue weighted by Gasteiger charge is 2.06. The van der Waals surface area contributed by atoms with Crippen LogP contribution in [0.5, 0.6) is 0 Å². The fourth-order valence-electron chi connectivity index (χ4n) is 2.25. The standard InChI is InChI=1S/C18H13N3OS/c1-2-10-19-15(4-1)16-12-23-18(21-16)20-14-8-6-13(7-9-14)17-5-3-11-22-17/h1-12H,(H,20,21). The van der Waals surface area contributed by atoms with Crippen molar-refractivity contribution in [2.75, 3.05) is 5.32 Å². The van der Waals surface area contributed by atoms with Crippen molar-refractivity contribution in [1.82, 2.24) is 9.97 Å². The van der Waals surface area contributed by atoms with Gasteiger partial charge in [0.05, 0.1) is 12.0 Å². The van der Waals surface area contributed by atoms with Crippen LogP contribution in [0.4, 0.5) is 10.8 Å². The first kappa shape index (κ1) is 13.7. The number of hydrogen-bond acceptors (Lipinski definition) is 5. The molecule has 0 spiro atoms. The minimum absolute atomic E-state index is 0.844. The summed E-state index contributed by atoms with van der Waals surface area (Å²) in [7, 11) is 0. The average Bonchev–Trinajstić information content (AvgIpc) is 3.28. The maximum absolute atomic E-state index is 5.39. The minimum atomic E-state index is 0.844. The zero-order valence-electron chi connectivity index (χ0n) is 12.1. The van der Waals surface area contributed by atoms with E-state index in [1.54, 1.807) is 23.8 Å². The van der Waals surface area contributed by atoms with Crippen molar-refractivity contribution in [3.8, 4) is 22.7 Å². The summed E-state index contributed by atoms with van der Waals surface area (Å²) in [6.45, 7) is 0. The van der Waals surface area contributed by atoms with E-state index in [1.807, 2.05) is 60.0 Å². The van der Waals surface area contributed by atoms with Gasteiger partial charge in [0.25, 0.3) is 0 Å². The fraction of sp³-hybridized carbons (Fsp3) is 0. The van der Waals surface area contributed by atoms with Crippen LogP contribution in [-0.4, -0.2) is 9.97 Å². The molecule has 0 saturated carbocycles. The Morgan fingerprint density at radius 1 is 0.913 bits per heavy atom. The largest absolute Gasteiger partial charge is 0.464 e. The van der Waals surface area contributed by atoms with Crippen molar-refractivity contribution in [1.29, 1.82) is 0 Å². The van der Waals surface area contributed by atoms with Gasteiger partial charge in [-0.15, -0.1) is 11.3 Å². The van der Waals surface area contributed by atoms with Crippen LogP contribution in [-0.2, 0) is 0 Å². The lowest BCUT2D eigenvalue weighted by atomic mass is 10.1. The maximum Gasteiger partial charge on any atom is 0.187 e. The van der Waals surface area contributed by atoms with Crippen LogP contribution in [0.25, 0.3) is 22.7 Å². The summed E-state index contributed by atoms with van der Waals surface area (Å²) in [5.74, 6) is 0.864. The van der Waals surface area contributed by atoms with Gasteiger partial charge in [-0.25, -0.2) is 4.98 Å². The lowest BCUT2D eigenvalue weighted by molar-refractivity contribution is 0.582. The molecule has 23 heavy (non-hydrogen) atoms. The molecule has 0 unspecified atom stereocenters. The van der Waals surface area contributed by atoms with E-state index in [0.717, 1.165) is 33.5 Å². The second-order valence-electron chi connectivity index (χ2n) is 4.93. The van der Waals surface area contributed by atoms with Gasteiger partial charge < -0.3 is 9.73 Å². The van der Waals surface area contributed by atoms with E-state index in [9.17, 15) is 0 Å². The quantitative estimate of drug-likeness (QED) is 0.561. The lowest BCUT2D eigenvalue weighted by Gasteiger charge is -2.03. The van der Waals surface area contributed by atoms with Crippen LogP contribution < -0.4 is 5.32 Å². The number of furan rings is 1. The van der Waals surface area contributed by atoms with Crippen molar-refractivity contribution in [2.45, 2.75) is 0 Å². The van der Waals surface area contributed by atoms with Crippen molar-refractivity contribution in [3.63, 3.8) is 0 Å². The summed E-state index contributed by atoms with van der Waals surface area (Å²) in [5.41, 5.74) is 3.80. The number of hydrogen-bond donors (Lipinski definition) is 1. The van der Waals surface area contributed by atoms with Crippen molar-refractivity contribution < 1.29 is 4.42 Å². The number of thiazole rings is 1. The summed E-state index contributed by atoms with van der Waals surface area (Å²) >= 11 is 1.56. The second kappa shape index (κ2) is 6.06. The first-order valence-electron chi connectivity index (χ1n) is 7.16. The number of aromatic nitrogens is 2. The first-order valence-corrected chi connectivity index (χ1v) is 8.04. The molecule has 1 N–H and O–H groups in total. The molecule has 0 amide bonds. The predicted molar refractivity (Wildman–Crippen MR) is 92.8 cm³/mol. The third-order valence-corrected chi connectivity index (χ3v) is 4.13. The molecule has 3 aromatic heterocycles. The van der Waals surface area contributed by atoms with E-state index >= 15 is 0 Å². The Hall–Kier alpha value is -2.92. The molecule has 0 bridgehead atoms. The summed E-state index contributed by atoms with van der Waals surface area (Å²) < 4.78 is 5.39. The number of nitrogens with zero attached hydrogens (tertiary/aromatic N) is 2. The highest BCUT2D eigenvalue weighted by atomic mass is 32.1. The molecule has 0 saturated heterocycles. The zero-order valence-corrected chi connectivity index (χ0v) is 13.0. The topological polar surface area (TPSA) is 51.0 Å². The van der Waals surface area contributed by atoms with Crippen LogP contribution in [0.15, 0.2) is 76.9 Å². The Kier molecular flexibility index (Phi) is 3.62. The molecule has 0 fully saturated rings. The number of pyridine rings is 1. The van der Waals surface area contributed by atoms with E-state index in [0.29, 0.717) is 0 Å². The molecule has 1 aromatic carbocycles. The Labute approximate surface area is 137 Å². The second-order valence-corrected chi connectivity index (χ2v) is 5.79. The SMILES string of the molecule is c1ccc(-c2csc(Nc3ccc(-c4ccco4)cc3)n2)nc1. The van der Waals surface area contributed by atoms with E-state index in [1.165, 1.54) is 0 Å². The van der Waals surface area contributed by atoms with Gasteiger partial charge in [-0.05, 0) is 48.5 Å². The van der Waals surface area contributed by atoms with E-state index in [2.05, 4.69) is 15.3 Å². The van der Waals surface area contributed by atoms with Crippen molar-refractivity contribution >= 4 is 22.2 Å². The minimum Gasteiger partial charge on any atom is -0.464 e. The maximum atomic E-state index is 5.39. The summed E-state index contributed by atoms with van der Waals surface area (Å²) in [6.07, 6.45) is 3.45. The Morgan fingerprint density at radius 2 is 1.83 bits per heavy atom. The Bertz CT molecular complexity index is 884. The van der Waals surface area contributed by atoms with E-state index in [4.69, 9.17) is 4.42 Å². The van der Waals surface area contributed by atoms with Crippen LogP contribution >= 0.6 is 11.3 Å².